The van der Waals surface area contributed by atoms with Crippen LogP contribution in [0, 0.1) is 10.1 Å². The van der Waals surface area contributed by atoms with E-state index >= 15 is 0 Å². The SMILES string of the molecule is CC(Cc1ccsc1)NC(=O)c1cc([N+](=O)[O-])ccc1N. The highest BCUT2D eigenvalue weighted by atomic mass is 32.1. The molecule has 0 saturated carbocycles. The molecule has 0 aliphatic heterocycles. The van der Waals surface area contributed by atoms with Crippen LogP contribution < -0.4 is 11.1 Å². The van der Waals surface area contributed by atoms with E-state index in [1.54, 1.807) is 11.3 Å². The van der Waals surface area contributed by atoms with Gasteiger partial charge < -0.3 is 11.1 Å². The van der Waals surface area contributed by atoms with Crippen molar-refractivity contribution in [2.24, 2.45) is 0 Å². The van der Waals surface area contributed by atoms with Crippen molar-refractivity contribution < 1.29 is 9.72 Å². The molecule has 2 rings (SSSR count). The molecule has 3 N–H and O–H groups in total. The second-order valence-electron chi connectivity index (χ2n) is 4.74. The Kier molecular flexibility index (Phi) is 4.54. The molecule has 1 heterocycles. The Bertz CT molecular complexity index is 655. The van der Waals surface area contributed by atoms with E-state index in [0.717, 1.165) is 5.56 Å². The van der Waals surface area contributed by atoms with Crippen LogP contribution in [0.2, 0.25) is 0 Å². The summed E-state index contributed by atoms with van der Waals surface area (Å²) in [5, 5.41) is 17.6. The quantitative estimate of drug-likeness (QED) is 0.504. The first-order valence-corrected chi connectivity index (χ1v) is 7.27. The van der Waals surface area contributed by atoms with Gasteiger partial charge >= 0.3 is 0 Å². The summed E-state index contributed by atoms with van der Waals surface area (Å²) in [4.78, 5) is 22.4. The second kappa shape index (κ2) is 6.36. The molecule has 1 amide bonds. The molecule has 0 bridgehead atoms. The summed E-state index contributed by atoms with van der Waals surface area (Å²) in [5.74, 6) is -0.404. The lowest BCUT2D eigenvalue weighted by atomic mass is 10.1. The lowest BCUT2D eigenvalue weighted by Gasteiger charge is -2.14. The van der Waals surface area contributed by atoms with Gasteiger partial charge in [-0.2, -0.15) is 11.3 Å². The summed E-state index contributed by atoms with van der Waals surface area (Å²) in [6.45, 7) is 1.88. The maximum absolute atomic E-state index is 12.2. The van der Waals surface area contributed by atoms with Crippen LogP contribution in [0.1, 0.15) is 22.8 Å². The molecule has 0 radical (unpaired) electrons. The molecule has 1 aromatic carbocycles. The van der Waals surface area contributed by atoms with Crippen molar-refractivity contribution in [2.45, 2.75) is 19.4 Å². The fourth-order valence-corrected chi connectivity index (χ4v) is 2.65. The van der Waals surface area contributed by atoms with Gasteiger partial charge in [-0.15, -0.1) is 0 Å². The molecular weight excluding hydrogens is 290 g/mol. The van der Waals surface area contributed by atoms with Crippen molar-refractivity contribution >= 4 is 28.6 Å². The Morgan fingerprint density at radius 1 is 1.48 bits per heavy atom. The van der Waals surface area contributed by atoms with Crippen molar-refractivity contribution in [3.05, 3.63) is 56.3 Å². The van der Waals surface area contributed by atoms with Crippen molar-refractivity contribution in [1.82, 2.24) is 5.32 Å². The third-order valence-corrected chi connectivity index (χ3v) is 3.72. The minimum absolute atomic E-state index is 0.0919. The number of rotatable bonds is 5. The highest BCUT2D eigenvalue weighted by Gasteiger charge is 2.17. The fourth-order valence-electron chi connectivity index (χ4n) is 1.97. The molecular formula is C14H15N3O3S. The van der Waals surface area contributed by atoms with Gasteiger partial charge in [0, 0.05) is 23.9 Å². The maximum Gasteiger partial charge on any atom is 0.270 e. The number of amides is 1. The Balaban J connectivity index is 2.09. The summed E-state index contributed by atoms with van der Waals surface area (Å²) in [7, 11) is 0. The van der Waals surface area contributed by atoms with Gasteiger partial charge in [-0.05, 0) is 41.8 Å². The number of nitro benzene ring substituents is 1. The molecule has 1 aromatic heterocycles. The van der Waals surface area contributed by atoms with Crippen molar-refractivity contribution in [3.63, 3.8) is 0 Å². The van der Waals surface area contributed by atoms with Crippen LogP contribution in [0.25, 0.3) is 0 Å². The van der Waals surface area contributed by atoms with E-state index in [9.17, 15) is 14.9 Å². The van der Waals surface area contributed by atoms with Crippen molar-refractivity contribution in [2.75, 3.05) is 5.73 Å². The van der Waals surface area contributed by atoms with E-state index in [2.05, 4.69) is 5.32 Å². The maximum atomic E-state index is 12.2. The van der Waals surface area contributed by atoms with Crippen molar-refractivity contribution in [1.29, 1.82) is 0 Å². The van der Waals surface area contributed by atoms with E-state index in [1.807, 2.05) is 23.8 Å². The highest BCUT2D eigenvalue weighted by molar-refractivity contribution is 7.07. The molecule has 7 heteroatoms. The molecule has 0 aliphatic carbocycles. The van der Waals surface area contributed by atoms with E-state index in [4.69, 9.17) is 5.73 Å². The monoisotopic (exact) mass is 305 g/mol. The standard InChI is InChI=1S/C14H15N3O3S/c1-9(6-10-4-5-21-8-10)16-14(18)12-7-11(17(19)20)2-3-13(12)15/h2-5,7-9H,6,15H2,1H3,(H,16,18). The van der Waals surface area contributed by atoms with Crippen LogP contribution in [-0.2, 0) is 6.42 Å². The van der Waals surface area contributed by atoms with Crippen LogP contribution in [0.5, 0.6) is 0 Å². The number of hydrogen-bond acceptors (Lipinski definition) is 5. The number of thiophene rings is 1. The number of nitro groups is 1. The second-order valence-corrected chi connectivity index (χ2v) is 5.52. The largest absolute Gasteiger partial charge is 0.398 e. The van der Waals surface area contributed by atoms with Gasteiger partial charge in [-0.3, -0.25) is 14.9 Å². The zero-order valence-corrected chi connectivity index (χ0v) is 12.2. The van der Waals surface area contributed by atoms with E-state index in [0.29, 0.717) is 6.42 Å². The number of anilines is 1. The van der Waals surface area contributed by atoms with Gasteiger partial charge in [-0.25, -0.2) is 0 Å². The number of carbonyl (C=O) groups is 1. The topological polar surface area (TPSA) is 98.3 Å². The first-order chi connectivity index (χ1) is 9.97. The Morgan fingerprint density at radius 3 is 2.86 bits per heavy atom. The number of nitrogens with zero attached hydrogens (tertiary/aromatic N) is 1. The summed E-state index contributed by atoms with van der Waals surface area (Å²) in [6, 6.07) is 5.75. The molecule has 0 aliphatic rings. The van der Waals surface area contributed by atoms with Crippen molar-refractivity contribution in [3.8, 4) is 0 Å². The lowest BCUT2D eigenvalue weighted by molar-refractivity contribution is -0.384. The molecule has 110 valence electrons. The van der Waals surface area contributed by atoms with Crippen LogP contribution in [0.4, 0.5) is 11.4 Å². The number of hydrogen-bond donors (Lipinski definition) is 2. The van der Waals surface area contributed by atoms with Gasteiger partial charge in [0.2, 0.25) is 0 Å². The molecule has 21 heavy (non-hydrogen) atoms. The average Bonchev–Trinajstić information content (AvgIpc) is 2.91. The normalized spacial score (nSPS) is 11.9. The van der Waals surface area contributed by atoms with Crippen LogP contribution in [-0.4, -0.2) is 16.9 Å². The number of nitrogens with two attached hydrogens (primary N) is 1. The summed E-state index contributed by atoms with van der Waals surface area (Å²) in [6.07, 6.45) is 0.698. The minimum Gasteiger partial charge on any atom is -0.398 e. The average molecular weight is 305 g/mol. The Hall–Kier alpha value is -2.41. The summed E-state index contributed by atoms with van der Waals surface area (Å²) in [5.41, 5.74) is 7.06. The fraction of sp³-hybridized carbons (Fsp3) is 0.214. The van der Waals surface area contributed by atoms with Gasteiger partial charge in [0.05, 0.1) is 10.5 Å². The van der Waals surface area contributed by atoms with E-state index in [1.165, 1.54) is 18.2 Å². The number of nitrogens with one attached hydrogen (secondary N) is 1. The third kappa shape index (κ3) is 3.79. The number of non-ortho nitro benzene ring substituents is 1. The smallest absolute Gasteiger partial charge is 0.270 e. The molecule has 0 fully saturated rings. The zero-order valence-electron chi connectivity index (χ0n) is 11.4. The van der Waals surface area contributed by atoms with Gasteiger partial charge in [0.1, 0.15) is 0 Å². The number of benzene rings is 1. The summed E-state index contributed by atoms with van der Waals surface area (Å²) < 4.78 is 0. The highest BCUT2D eigenvalue weighted by Crippen LogP contribution is 2.20. The summed E-state index contributed by atoms with van der Waals surface area (Å²) >= 11 is 1.60. The van der Waals surface area contributed by atoms with Gasteiger partial charge in [0.25, 0.3) is 11.6 Å². The molecule has 1 atom stereocenters. The van der Waals surface area contributed by atoms with E-state index < -0.39 is 10.8 Å². The zero-order chi connectivity index (χ0) is 15.4. The number of nitrogen functional groups attached to an aromatic ring is 1. The first-order valence-electron chi connectivity index (χ1n) is 6.33. The lowest BCUT2D eigenvalue weighted by Crippen LogP contribution is -2.34. The predicted molar refractivity (Wildman–Crippen MR) is 82.5 cm³/mol. The van der Waals surface area contributed by atoms with Gasteiger partial charge in [0.15, 0.2) is 0 Å². The van der Waals surface area contributed by atoms with E-state index in [-0.39, 0.29) is 23.0 Å². The molecule has 6 nitrogen and oxygen atoms in total. The Labute approximate surface area is 125 Å². The first kappa shape index (κ1) is 15.0. The molecule has 2 aromatic rings. The molecule has 1 unspecified atom stereocenters. The minimum atomic E-state index is -0.551. The number of carbonyl (C=O) groups excluding carboxylic acids is 1. The van der Waals surface area contributed by atoms with Crippen LogP contribution in [0.3, 0.4) is 0 Å². The van der Waals surface area contributed by atoms with Crippen LogP contribution >= 0.6 is 11.3 Å². The molecule has 0 spiro atoms. The predicted octanol–water partition coefficient (Wildman–Crippen LogP) is 2.60. The Morgan fingerprint density at radius 2 is 2.24 bits per heavy atom. The third-order valence-electron chi connectivity index (χ3n) is 2.99. The van der Waals surface area contributed by atoms with Crippen LogP contribution in [0.15, 0.2) is 35.0 Å². The van der Waals surface area contributed by atoms with Gasteiger partial charge in [-0.1, -0.05) is 0 Å². The molecule has 0 saturated heterocycles.